The third-order valence-corrected chi connectivity index (χ3v) is 3.80. The Morgan fingerprint density at radius 2 is 1.72 bits per heavy atom. The molecule has 0 aliphatic rings. The molecule has 0 atom stereocenters. The van der Waals surface area contributed by atoms with Gasteiger partial charge in [0.05, 0.1) is 37.6 Å². The number of hydrogen-bond donors (Lipinski definition) is 1. The van der Waals surface area contributed by atoms with Crippen molar-refractivity contribution in [1.82, 2.24) is 0 Å². The number of amides is 1. The van der Waals surface area contributed by atoms with E-state index in [9.17, 15) is 14.4 Å². The standard InChI is InChI=1S/C21H23NO7/c1-4-11-28-17-10-9-14(12-18(17)26-2)20(24)29-13-19(23)22-16-8-6-5-7-15(16)21(25)27-3/h5-10,12H,4,11,13H2,1-3H3,(H,22,23). The first-order valence-electron chi connectivity index (χ1n) is 8.95. The molecule has 0 saturated carbocycles. The summed E-state index contributed by atoms with van der Waals surface area (Å²) in [7, 11) is 2.71. The van der Waals surface area contributed by atoms with Gasteiger partial charge in [-0.05, 0) is 36.8 Å². The van der Waals surface area contributed by atoms with Crippen LogP contribution in [0.2, 0.25) is 0 Å². The smallest absolute Gasteiger partial charge is 0.339 e. The van der Waals surface area contributed by atoms with Crippen LogP contribution >= 0.6 is 0 Å². The van der Waals surface area contributed by atoms with E-state index in [-0.39, 0.29) is 16.8 Å². The first-order chi connectivity index (χ1) is 14.0. The number of rotatable bonds is 9. The van der Waals surface area contributed by atoms with Crippen LogP contribution in [0.25, 0.3) is 0 Å². The molecule has 0 aliphatic heterocycles. The number of hydrogen-bond acceptors (Lipinski definition) is 7. The summed E-state index contributed by atoms with van der Waals surface area (Å²) in [6.45, 7) is 1.98. The maximum Gasteiger partial charge on any atom is 0.339 e. The Bertz CT molecular complexity index is 879. The summed E-state index contributed by atoms with van der Waals surface area (Å²) in [5, 5.41) is 2.53. The SMILES string of the molecule is CCCOc1ccc(C(=O)OCC(=O)Nc2ccccc2C(=O)OC)cc1OC. The van der Waals surface area contributed by atoms with E-state index < -0.39 is 24.5 Å². The zero-order valence-corrected chi connectivity index (χ0v) is 16.5. The van der Waals surface area contributed by atoms with Crippen LogP contribution in [0.4, 0.5) is 5.69 Å². The van der Waals surface area contributed by atoms with Crippen molar-refractivity contribution in [2.75, 3.05) is 32.8 Å². The van der Waals surface area contributed by atoms with Crippen LogP contribution < -0.4 is 14.8 Å². The van der Waals surface area contributed by atoms with Crippen molar-refractivity contribution < 1.29 is 33.3 Å². The van der Waals surface area contributed by atoms with Crippen molar-refractivity contribution in [3.05, 3.63) is 53.6 Å². The molecule has 1 N–H and O–H groups in total. The summed E-state index contributed by atoms with van der Waals surface area (Å²) < 4.78 is 20.5. The van der Waals surface area contributed by atoms with E-state index in [1.54, 1.807) is 24.3 Å². The van der Waals surface area contributed by atoms with Gasteiger partial charge in [-0.25, -0.2) is 9.59 Å². The normalized spacial score (nSPS) is 10.0. The van der Waals surface area contributed by atoms with Crippen LogP contribution in [-0.2, 0) is 14.3 Å². The maximum atomic E-state index is 12.2. The van der Waals surface area contributed by atoms with E-state index >= 15 is 0 Å². The van der Waals surface area contributed by atoms with Crippen LogP contribution in [-0.4, -0.2) is 45.3 Å². The maximum absolute atomic E-state index is 12.2. The molecule has 8 nitrogen and oxygen atoms in total. The number of anilines is 1. The van der Waals surface area contributed by atoms with Gasteiger partial charge in [0, 0.05) is 0 Å². The number of carbonyl (C=O) groups excluding carboxylic acids is 3. The summed E-state index contributed by atoms with van der Waals surface area (Å²) in [5.74, 6) is -0.964. The number of esters is 2. The molecule has 2 rings (SSSR count). The Balaban J connectivity index is 1.99. The van der Waals surface area contributed by atoms with Crippen molar-refractivity contribution >= 4 is 23.5 Å². The predicted molar refractivity (Wildman–Crippen MR) is 105 cm³/mol. The second-order valence-corrected chi connectivity index (χ2v) is 5.88. The predicted octanol–water partition coefficient (Wildman–Crippen LogP) is 3.07. The van der Waals surface area contributed by atoms with Crippen LogP contribution in [0.5, 0.6) is 11.5 Å². The van der Waals surface area contributed by atoms with E-state index in [0.29, 0.717) is 18.1 Å². The van der Waals surface area contributed by atoms with Gasteiger partial charge < -0.3 is 24.3 Å². The first-order valence-corrected chi connectivity index (χ1v) is 8.95. The van der Waals surface area contributed by atoms with Gasteiger partial charge in [-0.1, -0.05) is 19.1 Å². The summed E-state index contributed by atoms with van der Waals surface area (Å²) >= 11 is 0. The average Bonchev–Trinajstić information content (AvgIpc) is 2.75. The molecule has 0 fully saturated rings. The van der Waals surface area contributed by atoms with Crippen molar-refractivity contribution in [3.63, 3.8) is 0 Å². The lowest BCUT2D eigenvalue weighted by Crippen LogP contribution is -2.22. The minimum absolute atomic E-state index is 0.196. The Morgan fingerprint density at radius 1 is 0.966 bits per heavy atom. The van der Waals surface area contributed by atoms with Gasteiger partial charge >= 0.3 is 11.9 Å². The largest absolute Gasteiger partial charge is 0.493 e. The molecule has 2 aromatic rings. The fourth-order valence-corrected chi connectivity index (χ4v) is 2.41. The van der Waals surface area contributed by atoms with Crippen LogP contribution in [0.15, 0.2) is 42.5 Å². The minimum atomic E-state index is -0.693. The highest BCUT2D eigenvalue weighted by molar-refractivity contribution is 6.02. The molecule has 154 valence electrons. The summed E-state index contributed by atoms with van der Waals surface area (Å²) in [4.78, 5) is 36.1. The van der Waals surface area contributed by atoms with E-state index in [4.69, 9.17) is 14.2 Å². The second kappa shape index (κ2) is 10.7. The molecule has 0 heterocycles. The molecular formula is C21H23NO7. The lowest BCUT2D eigenvalue weighted by atomic mass is 10.2. The number of benzene rings is 2. The van der Waals surface area contributed by atoms with Crippen LogP contribution in [0, 0.1) is 0 Å². The quantitative estimate of drug-likeness (QED) is 0.645. The Labute approximate surface area is 168 Å². The van der Waals surface area contributed by atoms with E-state index in [2.05, 4.69) is 10.1 Å². The van der Waals surface area contributed by atoms with Crippen molar-refractivity contribution in [2.45, 2.75) is 13.3 Å². The van der Waals surface area contributed by atoms with Crippen molar-refractivity contribution in [2.24, 2.45) is 0 Å². The third-order valence-electron chi connectivity index (χ3n) is 3.80. The molecule has 29 heavy (non-hydrogen) atoms. The van der Waals surface area contributed by atoms with Gasteiger partial charge in [-0.3, -0.25) is 4.79 Å². The molecule has 0 spiro atoms. The molecule has 0 saturated heterocycles. The number of methoxy groups -OCH3 is 2. The third kappa shape index (κ3) is 5.97. The molecule has 1 amide bonds. The van der Waals surface area contributed by atoms with E-state index in [1.165, 1.54) is 32.4 Å². The van der Waals surface area contributed by atoms with Crippen LogP contribution in [0.3, 0.4) is 0 Å². The van der Waals surface area contributed by atoms with Gasteiger partial charge in [0.25, 0.3) is 5.91 Å². The van der Waals surface area contributed by atoms with Gasteiger partial charge in [-0.2, -0.15) is 0 Å². The van der Waals surface area contributed by atoms with Gasteiger partial charge in [0.1, 0.15) is 0 Å². The monoisotopic (exact) mass is 401 g/mol. The molecule has 0 radical (unpaired) electrons. The number of nitrogens with one attached hydrogen (secondary N) is 1. The lowest BCUT2D eigenvalue weighted by molar-refractivity contribution is -0.119. The highest BCUT2D eigenvalue weighted by Crippen LogP contribution is 2.28. The topological polar surface area (TPSA) is 100 Å². The zero-order valence-electron chi connectivity index (χ0n) is 16.5. The number of para-hydroxylation sites is 1. The fraction of sp³-hybridized carbons (Fsp3) is 0.286. The van der Waals surface area contributed by atoms with Gasteiger partial charge in [0.15, 0.2) is 18.1 Å². The number of carbonyl (C=O) groups is 3. The minimum Gasteiger partial charge on any atom is -0.493 e. The lowest BCUT2D eigenvalue weighted by Gasteiger charge is -2.12. The molecule has 0 unspecified atom stereocenters. The Hall–Kier alpha value is -3.55. The van der Waals surface area contributed by atoms with E-state index in [1.807, 2.05) is 6.92 Å². The summed E-state index contributed by atoms with van der Waals surface area (Å²) in [6, 6.07) is 11.0. The molecule has 2 aromatic carbocycles. The van der Waals surface area contributed by atoms with Crippen molar-refractivity contribution in [1.29, 1.82) is 0 Å². The summed E-state index contributed by atoms with van der Waals surface area (Å²) in [5.41, 5.74) is 0.676. The average molecular weight is 401 g/mol. The molecule has 8 heteroatoms. The fourth-order valence-electron chi connectivity index (χ4n) is 2.41. The Morgan fingerprint density at radius 3 is 2.41 bits per heavy atom. The number of ether oxygens (including phenoxy) is 4. The van der Waals surface area contributed by atoms with Gasteiger partial charge in [0.2, 0.25) is 0 Å². The highest BCUT2D eigenvalue weighted by atomic mass is 16.5. The van der Waals surface area contributed by atoms with Gasteiger partial charge in [-0.15, -0.1) is 0 Å². The highest BCUT2D eigenvalue weighted by Gasteiger charge is 2.16. The van der Waals surface area contributed by atoms with Crippen LogP contribution in [0.1, 0.15) is 34.1 Å². The Kier molecular flexibility index (Phi) is 8.02. The zero-order chi connectivity index (χ0) is 21.2. The molecule has 0 aliphatic carbocycles. The van der Waals surface area contributed by atoms with E-state index in [0.717, 1.165) is 6.42 Å². The molecular weight excluding hydrogens is 378 g/mol. The molecule has 0 bridgehead atoms. The van der Waals surface area contributed by atoms with Crippen molar-refractivity contribution in [3.8, 4) is 11.5 Å². The first kappa shape index (κ1) is 21.7. The summed E-state index contributed by atoms with van der Waals surface area (Å²) in [6.07, 6.45) is 0.834. The second-order valence-electron chi connectivity index (χ2n) is 5.88. The molecule has 0 aromatic heterocycles.